The summed E-state index contributed by atoms with van der Waals surface area (Å²) in [6.45, 7) is 3.79. The zero-order valence-electron chi connectivity index (χ0n) is 7.92. The first-order valence-electron chi connectivity index (χ1n) is 4.04. The number of aromatic carboxylic acids is 1. The molecule has 0 aromatic carbocycles. The van der Waals surface area contributed by atoms with Gasteiger partial charge in [0.15, 0.2) is 0 Å². The Morgan fingerprint density at radius 2 is 2.00 bits per heavy atom. The molecule has 0 unspecified atom stereocenters. The predicted octanol–water partition coefficient (Wildman–Crippen LogP) is 3.79. The van der Waals surface area contributed by atoms with Crippen LogP contribution in [0.5, 0.6) is 0 Å². The average molecular weight is 289 g/mol. The first-order chi connectivity index (χ1) is 6.73. The highest BCUT2D eigenvalue weighted by Gasteiger charge is 2.33. The third kappa shape index (κ3) is 2.97. The molecule has 1 aromatic heterocycles. The summed E-state index contributed by atoms with van der Waals surface area (Å²) >= 11 is 18.0. The molecule has 0 saturated carbocycles. The van der Waals surface area contributed by atoms with E-state index in [1.54, 1.807) is 0 Å². The molecule has 0 aliphatic heterocycles. The van der Waals surface area contributed by atoms with Gasteiger partial charge in [0.05, 0.1) is 5.01 Å². The van der Waals surface area contributed by atoms with E-state index in [1.807, 2.05) is 13.8 Å². The van der Waals surface area contributed by atoms with Gasteiger partial charge in [0.2, 0.25) is 3.79 Å². The van der Waals surface area contributed by atoms with Crippen molar-refractivity contribution in [2.24, 2.45) is 0 Å². The van der Waals surface area contributed by atoms with E-state index in [-0.39, 0.29) is 16.5 Å². The van der Waals surface area contributed by atoms with Crippen molar-refractivity contribution in [3.8, 4) is 0 Å². The highest BCUT2D eigenvalue weighted by atomic mass is 35.6. The number of aromatic nitrogens is 1. The van der Waals surface area contributed by atoms with Crippen LogP contribution in [-0.4, -0.2) is 16.1 Å². The monoisotopic (exact) mass is 287 g/mol. The highest BCUT2D eigenvalue weighted by molar-refractivity contribution is 7.14. The van der Waals surface area contributed by atoms with Gasteiger partial charge in [-0.3, -0.25) is 0 Å². The van der Waals surface area contributed by atoms with Gasteiger partial charge in [-0.1, -0.05) is 48.7 Å². The molecule has 0 aliphatic rings. The Kier molecular flexibility index (Phi) is 3.87. The van der Waals surface area contributed by atoms with Crippen molar-refractivity contribution in [3.63, 3.8) is 0 Å². The SMILES string of the molecule is CC(C)c1nc(C(Cl)(Cl)Cl)c(C(=O)O)s1. The second-order valence-corrected chi connectivity index (χ2v) is 6.50. The van der Waals surface area contributed by atoms with Crippen LogP contribution in [0.15, 0.2) is 0 Å². The molecule has 1 N–H and O–H groups in total. The van der Waals surface area contributed by atoms with Gasteiger partial charge < -0.3 is 5.11 Å². The second kappa shape index (κ2) is 4.45. The van der Waals surface area contributed by atoms with E-state index in [0.29, 0.717) is 5.01 Å². The van der Waals surface area contributed by atoms with E-state index in [1.165, 1.54) is 0 Å². The fraction of sp³-hybridized carbons (Fsp3) is 0.500. The summed E-state index contributed by atoms with van der Waals surface area (Å²) in [5.74, 6) is -1.02. The smallest absolute Gasteiger partial charge is 0.347 e. The summed E-state index contributed by atoms with van der Waals surface area (Å²) < 4.78 is -1.79. The van der Waals surface area contributed by atoms with Crippen LogP contribution in [0.1, 0.15) is 40.1 Å². The summed E-state index contributed by atoms with van der Waals surface area (Å²) in [5.41, 5.74) is -0.00583. The molecule has 1 aromatic rings. The van der Waals surface area contributed by atoms with E-state index >= 15 is 0 Å². The molecule has 0 atom stereocenters. The minimum atomic E-state index is -1.79. The zero-order valence-corrected chi connectivity index (χ0v) is 11.0. The number of nitrogens with zero attached hydrogens (tertiary/aromatic N) is 1. The maximum absolute atomic E-state index is 10.9. The molecule has 0 bridgehead atoms. The predicted molar refractivity (Wildman–Crippen MR) is 62.4 cm³/mol. The molecule has 0 aliphatic carbocycles. The summed E-state index contributed by atoms with van der Waals surface area (Å²) in [5, 5.41) is 9.57. The Hall–Kier alpha value is -0.0300. The Labute approximate surface area is 106 Å². The number of alkyl halides is 3. The van der Waals surface area contributed by atoms with Crippen molar-refractivity contribution in [1.82, 2.24) is 4.98 Å². The van der Waals surface area contributed by atoms with E-state index in [4.69, 9.17) is 39.9 Å². The number of carboxylic acid groups (broad SMARTS) is 1. The maximum atomic E-state index is 10.9. The fourth-order valence-corrected chi connectivity index (χ4v) is 2.46. The van der Waals surface area contributed by atoms with Gasteiger partial charge >= 0.3 is 5.97 Å². The molecule has 3 nitrogen and oxygen atoms in total. The van der Waals surface area contributed by atoms with E-state index in [2.05, 4.69) is 4.98 Å². The van der Waals surface area contributed by atoms with Gasteiger partial charge in [0.25, 0.3) is 0 Å². The molecule has 0 amide bonds. The van der Waals surface area contributed by atoms with Crippen molar-refractivity contribution in [2.75, 3.05) is 0 Å². The number of thiazole rings is 1. The van der Waals surface area contributed by atoms with Crippen LogP contribution in [0.3, 0.4) is 0 Å². The van der Waals surface area contributed by atoms with Crippen LogP contribution in [0.4, 0.5) is 0 Å². The van der Waals surface area contributed by atoms with E-state index < -0.39 is 9.76 Å². The van der Waals surface area contributed by atoms with Gasteiger partial charge in [-0.2, -0.15) is 0 Å². The molecular formula is C8H8Cl3NO2S. The summed E-state index contributed by atoms with van der Waals surface area (Å²) in [7, 11) is 0. The van der Waals surface area contributed by atoms with E-state index in [9.17, 15) is 4.79 Å². The molecule has 1 rings (SSSR count). The molecule has 0 saturated heterocycles. The Morgan fingerprint density at radius 3 is 2.27 bits per heavy atom. The fourth-order valence-electron chi connectivity index (χ4n) is 0.921. The van der Waals surface area contributed by atoms with Gasteiger partial charge in [-0.15, -0.1) is 11.3 Å². The largest absolute Gasteiger partial charge is 0.477 e. The van der Waals surface area contributed by atoms with Crippen LogP contribution in [0.25, 0.3) is 0 Å². The standard InChI is InChI=1S/C8H8Cl3NO2S/c1-3(2)6-12-5(8(9,10)11)4(15-6)7(13)14/h3H,1-2H3,(H,13,14). The third-order valence-corrected chi connectivity index (χ3v) is 3.48. The molecular weight excluding hydrogens is 281 g/mol. The van der Waals surface area contributed by atoms with Crippen LogP contribution in [0.2, 0.25) is 0 Å². The second-order valence-electron chi connectivity index (χ2n) is 3.19. The molecule has 7 heteroatoms. The van der Waals surface area contributed by atoms with Crippen molar-refractivity contribution in [2.45, 2.75) is 23.6 Å². The Morgan fingerprint density at radius 1 is 1.47 bits per heavy atom. The summed E-state index contributed by atoms with van der Waals surface area (Å²) in [4.78, 5) is 14.9. The topological polar surface area (TPSA) is 50.2 Å². The molecule has 0 radical (unpaired) electrons. The Balaban J connectivity index is 3.30. The van der Waals surface area contributed by atoms with E-state index in [0.717, 1.165) is 11.3 Å². The first kappa shape index (κ1) is 13.0. The number of carbonyl (C=O) groups is 1. The lowest BCUT2D eigenvalue weighted by Crippen LogP contribution is -2.08. The van der Waals surface area contributed by atoms with Crippen molar-refractivity contribution in [3.05, 3.63) is 15.6 Å². The quantitative estimate of drug-likeness (QED) is 0.842. The molecule has 15 heavy (non-hydrogen) atoms. The highest BCUT2D eigenvalue weighted by Crippen LogP contribution is 2.42. The summed E-state index contributed by atoms with van der Waals surface area (Å²) in [6, 6.07) is 0. The number of hydrogen-bond donors (Lipinski definition) is 1. The number of rotatable bonds is 2. The average Bonchev–Trinajstić information content (AvgIpc) is 2.45. The number of halogens is 3. The first-order valence-corrected chi connectivity index (χ1v) is 5.99. The molecule has 1 heterocycles. The minimum Gasteiger partial charge on any atom is -0.477 e. The Bertz CT molecular complexity index is 384. The van der Waals surface area contributed by atoms with Gasteiger partial charge in [-0.25, -0.2) is 9.78 Å². The molecule has 0 fully saturated rings. The normalized spacial score (nSPS) is 12.1. The van der Waals surface area contributed by atoms with Crippen molar-refractivity contribution in [1.29, 1.82) is 0 Å². The van der Waals surface area contributed by atoms with Crippen LogP contribution in [-0.2, 0) is 3.79 Å². The van der Waals surface area contributed by atoms with Crippen molar-refractivity contribution >= 4 is 52.1 Å². The minimum absolute atomic E-state index is 0.00583. The third-order valence-electron chi connectivity index (χ3n) is 1.60. The van der Waals surface area contributed by atoms with Crippen LogP contribution >= 0.6 is 46.1 Å². The summed E-state index contributed by atoms with van der Waals surface area (Å²) in [6.07, 6.45) is 0. The van der Waals surface area contributed by atoms with Gasteiger partial charge in [0, 0.05) is 5.92 Å². The lowest BCUT2D eigenvalue weighted by molar-refractivity contribution is 0.0701. The number of carboxylic acids is 1. The molecule has 84 valence electrons. The van der Waals surface area contributed by atoms with Crippen LogP contribution in [0, 0.1) is 0 Å². The lowest BCUT2D eigenvalue weighted by Gasteiger charge is -2.07. The maximum Gasteiger partial charge on any atom is 0.347 e. The van der Waals surface area contributed by atoms with Crippen molar-refractivity contribution < 1.29 is 9.90 Å². The lowest BCUT2D eigenvalue weighted by atomic mass is 10.2. The van der Waals surface area contributed by atoms with Gasteiger partial charge in [-0.05, 0) is 0 Å². The zero-order chi connectivity index (χ0) is 11.8. The number of hydrogen-bond acceptors (Lipinski definition) is 3. The van der Waals surface area contributed by atoms with Crippen LogP contribution < -0.4 is 0 Å². The molecule has 0 spiro atoms. The van der Waals surface area contributed by atoms with Gasteiger partial charge in [0.1, 0.15) is 10.6 Å².